The molecule has 1 aromatic heterocycles. The third-order valence-corrected chi connectivity index (χ3v) is 4.62. The van der Waals surface area contributed by atoms with Gasteiger partial charge in [-0.05, 0) is 37.4 Å². The summed E-state index contributed by atoms with van der Waals surface area (Å²) in [4.78, 5) is 14.9. The standard InChI is InChI=1S/C18H19N5OS/c1-12-8-10-14(11-9-12)17-20-22-23(21-17)13(2)18(24)19-15-6-4-5-7-16(15)25-3/h4-11,13H,1-3H3,(H,19,24). The second-order valence-corrected chi connectivity index (χ2v) is 6.51. The lowest BCUT2D eigenvalue weighted by Crippen LogP contribution is -2.25. The largest absolute Gasteiger partial charge is 0.323 e. The van der Waals surface area contributed by atoms with Crippen molar-refractivity contribution in [2.75, 3.05) is 11.6 Å². The highest BCUT2D eigenvalue weighted by Gasteiger charge is 2.19. The summed E-state index contributed by atoms with van der Waals surface area (Å²) in [6, 6.07) is 15.0. The minimum Gasteiger partial charge on any atom is -0.323 e. The summed E-state index contributed by atoms with van der Waals surface area (Å²) in [5.41, 5.74) is 2.82. The third-order valence-electron chi connectivity index (χ3n) is 3.83. The molecule has 0 spiro atoms. The molecule has 1 atom stereocenters. The highest BCUT2D eigenvalue weighted by Crippen LogP contribution is 2.25. The molecule has 0 aliphatic heterocycles. The first-order valence-corrected chi connectivity index (χ1v) is 9.11. The van der Waals surface area contributed by atoms with Crippen molar-refractivity contribution in [1.29, 1.82) is 0 Å². The summed E-state index contributed by atoms with van der Waals surface area (Å²) < 4.78 is 0. The van der Waals surface area contributed by atoms with E-state index in [-0.39, 0.29) is 5.91 Å². The van der Waals surface area contributed by atoms with Crippen molar-refractivity contribution < 1.29 is 4.79 Å². The lowest BCUT2D eigenvalue weighted by atomic mass is 10.1. The number of aromatic nitrogens is 4. The quantitative estimate of drug-likeness (QED) is 0.710. The number of carbonyl (C=O) groups excluding carboxylic acids is 1. The predicted molar refractivity (Wildman–Crippen MR) is 99.6 cm³/mol. The molecule has 1 heterocycles. The van der Waals surface area contributed by atoms with Crippen LogP contribution in [0.4, 0.5) is 5.69 Å². The Morgan fingerprint density at radius 2 is 1.88 bits per heavy atom. The molecule has 7 heteroatoms. The van der Waals surface area contributed by atoms with Gasteiger partial charge in [0.2, 0.25) is 5.82 Å². The van der Waals surface area contributed by atoms with E-state index in [1.54, 1.807) is 18.7 Å². The maximum atomic E-state index is 12.5. The summed E-state index contributed by atoms with van der Waals surface area (Å²) in [6.07, 6.45) is 1.97. The third kappa shape index (κ3) is 3.88. The monoisotopic (exact) mass is 353 g/mol. The number of carbonyl (C=O) groups is 1. The Morgan fingerprint density at radius 1 is 1.16 bits per heavy atom. The van der Waals surface area contributed by atoms with Crippen LogP contribution in [0, 0.1) is 6.92 Å². The number of benzene rings is 2. The molecule has 128 valence electrons. The van der Waals surface area contributed by atoms with Gasteiger partial charge in [-0.3, -0.25) is 4.79 Å². The number of anilines is 1. The average Bonchev–Trinajstić information content (AvgIpc) is 3.12. The van der Waals surface area contributed by atoms with E-state index in [0.717, 1.165) is 21.7 Å². The molecule has 0 fully saturated rings. The van der Waals surface area contributed by atoms with Crippen LogP contribution in [0.15, 0.2) is 53.4 Å². The van der Waals surface area contributed by atoms with Gasteiger partial charge >= 0.3 is 0 Å². The van der Waals surface area contributed by atoms with Crippen LogP contribution in [0.1, 0.15) is 18.5 Å². The van der Waals surface area contributed by atoms with Crippen LogP contribution in [-0.2, 0) is 4.79 Å². The fourth-order valence-corrected chi connectivity index (χ4v) is 2.85. The van der Waals surface area contributed by atoms with E-state index in [2.05, 4.69) is 20.7 Å². The molecule has 0 radical (unpaired) electrons. The molecule has 2 aromatic carbocycles. The molecule has 0 saturated heterocycles. The molecular formula is C18H19N5OS. The van der Waals surface area contributed by atoms with Crippen LogP contribution in [0.2, 0.25) is 0 Å². The van der Waals surface area contributed by atoms with Gasteiger partial charge in [0.05, 0.1) is 5.69 Å². The predicted octanol–water partition coefficient (Wildman–Crippen LogP) is 3.57. The first kappa shape index (κ1) is 17.2. The van der Waals surface area contributed by atoms with Gasteiger partial charge < -0.3 is 5.32 Å². The number of rotatable bonds is 5. The zero-order valence-corrected chi connectivity index (χ0v) is 15.1. The number of para-hydroxylation sites is 1. The molecule has 1 unspecified atom stereocenters. The number of hydrogen-bond donors (Lipinski definition) is 1. The summed E-state index contributed by atoms with van der Waals surface area (Å²) in [7, 11) is 0. The first-order valence-electron chi connectivity index (χ1n) is 7.89. The molecule has 1 amide bonds. The van der Waals surface area contributed by atoms with Crippen LogP contribution < -0.4 is 5.32 Å². The Balaban J connectivity index is 1.75. The first-order chi connectivity index (χ1) is 12.1. The lowest BCUT2D eigenvalue weighted by Gasteiger charge is -2.13. The minimum absolute atomic E-state index is 0.186. The number of tetrazole rings is 1. The van der Waals surface area contributed by atoms with Crippen molar-refractivity contribution >= 4 is 23.4 Å². The van der Waals surface area contributed by atoms with Gasteiger partial charge in [0.25, 0.3) is 5.91 Å². The molecule has 0 bridgehead atoms. The van der Waals surface area contributed by atoms with Crippen molar-refractivity contribution in [2.24, 2.45) is 0 Å². The van der Waals surface area contributed by atoms with E-state index in [1.807, 2.05) is 61.7 Å². The molecule has 3 aromatic rings. The van der Waals surface area contributed by atoms with E-state index in [1.165, 1.54) is 4.80 Å². The SMILES string of the molecule is CSc1ccccc1NC(=O)C(C)n1nnc(-c2ccc(C)cc2)n1. The Hall–Kier alpha value is -2.67. The zero-order valence-electron chi connectivity index (χ0n) is 14.3. The normalized spacial score (nSPS) is 12.0. The van der Waals surface area contributed by atoms with Crippen molar-refractivity contribution in [1.82, 2.24) is 20.2 Å². The van der Waals surface area contributed by atoms with Crippen molar-refractivity contribution in [3.05, 3.63) is 54.1 Å². The maximum absolute atomic E-state index is 12.5. The van der Waals surface area contributed by atoms with Crippen LogP contribution in [0.5, 0.6) is 0 Å². The Kier molecular flexibility index (Phi) is 5.14. The van der Waals surface area contributed by atoms with E-state index in [0.29, 0.717) is 5.82 Å². The number of nitrogens with one attached hydrogen (secondary N) is 1. The fourth-order valence-electron chi connectivity index (χ4n) is 2.30. The highest BCUT2D eigenvalue weighted by molar-refractivity contribution is 7.98. The number of nitrogens with zero attached hydrogens (tertiary/aromatic N) is 4. The van der Waals surface area contributed by atoms with E-state index in [9.17, 15) is 4.79 Å². The zero-order chi connectivity index (χ0) is 17.8. The summed E-state index contributed by atoms with van der Waals surface area (Å²) in [6.45, 7) is 3.77. The number of aryl methyl sites for hydroxylation is 1. The number of thioether (sulfide) groups is 1. The van der Waals surface area contributed by atoms with Crippen LogP contribution in [-0.4, -0.2) is 32.4 Å². The lowest BCUT2D eigenvalue weighted by molar-refractivity contribution is -0.119. The second-order valence-electron chi connectivity index (χ2n) is 5.66. The van der Waals surface area contributed by atoms with Gasteiger partial charge in [0, 0.05) is 10.5 Å². The van der Waals surface area contributed by atoms with Gasteiger partial charge in [-0.2, -0.15) is 4.80 Å². The van der Waals surface area contributed by atoms with Crippen LogP contribution >= 0.6 is 11.8 Å². The van der Waals surface area contributed by atoms with E-state index in [4.69, 9.17) is 0 Å². The van der Waals surface area contributed by atoms with Crippen LogP contribution in [0.25, 0.3) is 11.4 Å². The Morgan fingerprint density at radius 3 is 2.60 bits per heavy atom. The molecule has 3 rings (SSSR count). The Labute approximate surface area is 150 Å². The minimum atomic E-state index is -0.568. The van der Waals surface area contributed by atoms with Gasteiger partial charge in [-0.1, -0.05) is 42.0 Å². The number of hydrogen-bond acceptors (Lipinski definition) is 5. The topological polar surface area (TPSA) is 72.7 Å². The molecule has 0 aliphatic carbocycles. The van der Waals surface area contributed by atoms with Gasteiger partial charge in [-0.15, -0.1) is 22.0 Å². The van der Waals surface area contributed by atoms with E-state index >= 15 is 0 Å². The summed E-state index contributed by atoms with van der Waals surface area (Å²) in [5, 5.41) is 15.4. The fraction of sp³-hybridized carbons (Fsp3) is 0.222. The summed E-state index contributed by atoms with van der Waals surface area (Å²) >= 11 is 1.58. The van der Waals surface area contributed by atoms with Gasteiger partial charge in [0.1, 0.15) is 6.04 Å². The van der Waals surface area contributed by atoms with Gasteiger partial charge in [0.15, 0.2) is 0 Å². The van der Waals surface area contributed by atoms with Gasteiger partial charge in [-0.25, -0.2) is 0 Å². The number of amides is 1. The Bertz CT molecular complexity index is 875. The van der Waals surface area contributed by atoms with E-state index < -0.39 is 6.04 Å². The van der Waals surface area contributed by atoms with Crippen LogP contribution in [0.3, 0.4) is 0 Å². The highest BCUT2D eigenvalue weighted by atomic mass is 32.2. The van der Waals surface area contributed by atoms with Crippen molar-refractivity contribution in [3.63, 3.8) is 0 Å². The molecule has 6 nitrogen and oxygen atoms in total. The molecular weight excluding hydrogens is 334 g/mol. The molecule has 1 N–H and O–H groups in total. The summed E-state index contributed by atoms with van der Waals surface area (Å²) in [5.74, 6) is 0.318. The average molecular weight is 353 g/mol. The molecule has 0 aliphatic rings. The van der Waals surface area contributed by atoms with Crippen molar-refractivity contribution in [2.45, 2.75) is 24.8 Å². The second kappa shape index (κ2) is 7.48. The molecule has 25 heavy (non-hydrogen) atoms. The maximum Gasteiger partial charge on any atom is 0.250 e. The smallest absolute Gasteiger partial charge is 0.250 e. The molecule has 0 saturated carbocycles. The van der Waals surface area contributed by atoms with Crippen molar-refractivity contribution in [3.8, 4) is 11.4 Å².